The summed E-state index contributed by atoms with van der Waals surface area (Å²) < 4.78 is 90.1. The Morgan fingerprint density at radius 3 is 1.10 bits per heavy atom. The number of hydrogen-bond acceptors (Lipinski definition) is 4. The van der Waals surface area contributed by atoms with Crippen LogP contribution in [0.2, 0.25) is 0 Å². The Labute approximate surface area is 300 Å². The van der Waals surface area contributed by atoms with Crippen molar-refractivity contribution in [3.63, 3.8) is 0 Å². The highest BCUT2D eigenvalue weighted by Crippen LogP contribution is 2.33. The molecule has 0 aromatic heterocycles. The first-order chi connectivity index (χ1) is 25.0. The predicted molar refractivity (Wildman–Crippen MR) is 191 cm³/mol. The minimum Gasteiger partial charge on any atom is -0.486 e. The molecule has 0 aliphatic rings. The van der Waals surface area contributed by atoms with E-state index in [0.717, 1.165) is 61.3 Å². The highest BCUT2D eigenvalue weighted by Gasteiger charge is 2.31. The molecule has 5 aromatic rings. The van der Waals surface area contributed by atoms with Crippen molar-refractivity contribution in [1.82, 2.24) is 10.6 Å². The predicted octanol–water partition coefficient (Wildman–Crippen LogP) is 10.4. The molecule has 2 atom stereocenters. The third-order valence-electron chi connectivity index (χ3n) is 8.63. The standard InChI is InChI=1S/C42H42F6N2O2/c43-41(44,45)35-15-19-37(20-16-35)51-39(33-7-3-1-4-8-33)25-29-49-27-23-31-11-13-32(14-12-31)24-28-50-30-26-40(34-9-5-2-6-10-34)52-38-21-17-36(18-22-38)42(46,47)48/h1-22,39-40,49-50H,23-30H2/t39-,40-/m1/s1. The van der Waals surface area contributed by atoms with E-state index in [-0.39, 0.29) is 12.2 Å². The summed E-state index contributed by atoms with van der Waals surface area (Å²) >= 11 is 0. The van der Waals surface area contributed by atoms with E-state index < -0.39 is 23.5 Å². The van der Waals surface area contributed by atoms with E-state index in [9.17, 15) is 26.3 Å². The molecule has 0 heterocycles. The van der Waals surface area contributed by atoms with Crippen LogP contribution in [0.1, 0.15) is 58.4 Å². The Morgan fingerprint density at radius 2 is 0.769 bits per heavy atom. The monoisotopic (exact) mass is 720 g/mol. The van der Waals surface area contributed by atoms with E-state index in [4.69, 9.17) is 9.47 Å². The maximum absolute atomic E-state index is 13.0. The molecule has 274 valence electrons. The van der Waals surface area contributed by atoms with Crippen molar-refractivity contribution in [1.29, 1.82) is 0 Å². The zero-order chi connectivity index (χ0) is 36.8. The lowest BCUT2D eigenvalue weighted by atomic mass is 10.1. The Balaban J connectivity index is 1.02. The van der Waals surface area contributed by atoms with E-state index in [1.807, 2.05) is 60.7 Å². The smallest absolute Gasteiger partial charge is 0.416 e. The Kier molecular flexibility index (Phi) is 13.8. The highest BCUT2D eigenvalue weighted by atomic mass is 19.4. The first-order valence-electron chi connectivity index (χ1n) is 17.3. The van der Waals surface area contributed by atoms with Gasteiger partial charge in [-0.1, -0.05) is 84.9 Å². The third-order valence-corrected chi connectivity index (χ3v) is 8.63. The van der Waals surface area contributed by atoms with Crippen LogP contribution >= 0.6 is 0 Å². The van der Waals surface area contributed by atoms with E-state index >= 15 is 0 Å². The van der Waals surface area contributed by atoms with Crippen molar-refractivity contribution in [2.45, 2.75) is 50.2 Å². The quantitative estimate of drug-likeness (QED) is 0.0699. The molecule has 0 fully saturated rings. The number of rotatable bonds is 18. The largest absolute Gasteiger partial charge is 0.486 e. The normalized spacial score (nSPS) is 13.0. The first kappa shape index (κ1) is 38.4. The average molecular weight is 721 g/mol. The van der Waals surface area contributed by atoms with Crippen LogP contribution in [0, 0.1) is 0 Å². The van der Waals surface area contributed by atoms with Gasteiger partial charge in [-0.15, -0.1) is 0 Å². The second-order valence-electron chi connectivity index (χ2n) is 12.5. The van der Waals surface area contributed by atoms with Crippen LogP contribution < -0.4 is 20.1 Å². The molecule has 5 rings (SSSR count). The van der Waals surface area contributed by atoms with Crippen LogP contribution in [-0.4, -0.2) is 26.2 Å². The van der Waals surface area contributed by atoms with E-state index in [1.54, 1.807) is 0 Å². The molecular formula is C42H42F6N2O2. The Bertz CT molecular complexity index is 1610. The molecular weight excluding hydrogens is 678 g/mol. The summed E-state index contributed by atoms with van der Waals surface area (Å²) in [5.41, 5.74) is 2.90. The summed E-state index contributed by atoms with van der Waals surface area (Å²) in [7, 11) is 0. The molecule has 0 bridgehead atoms. The maximum Gasteiger partial charge on any atom is 0.416 e. The van der Waals surface area contributed by atoms with Crippen molar-refractivity contribution in [2.75, 3.05) is 26.2 Å². The van der Waals surface area contributed by atoms with Crippen molar-refractivity contribution in [2.24, 2.45) is 0 Å². The molecule has 4 nitrogen and oxygen atoms in total. The van der Waals surface area contributed by atoms with Crippen LogP contribution in [0.15, 0.2) is 133 Å². The minimum absolute atomic E-state index is 0.311. The zero-order valence-corrected chi connectivity index (χ0v) is 28.6. The minimum atomic E-state index is -4.39. The van der Waals surface area contributed by atoms with Crippen molar-refractivity contribution < 1.29 is 35.8 Å². The number of ether oxygens (including phenoxy) is 2. The van der Waals surface area contributed by atoms with Crippen molar-refractivity contribution in [3.8, 4) is 11.5 Å². The van der Waals surface area contributed by atoms with Gasteiger partial charge in [0.15, 0.2) is 0 Å². The Hall–Kier alpha value is -4.80. The number of hydrogen-bond donors (Lipinski definition) is 2. The number of halogens is 6. The van der Waals surface area contributed by atoms with E-state index in [2.05, 4.69) is 34.9 Å². The topological polar surface area (TPSA) is 42.5 Å². The summed E-state index contributed by atoms with van der Waals surface area (Å²) in [6.07, 6.45) is -6.44. The van der Waals surface area contributed by atoms with Crippen LogP contribution in [0.5, 0.6) is 11.5 Å². The second-order valence-corrected chi connectivity index (χ2v) is 12.5. The number of benzene rings is 5. The first-order valence-corrected chi connectivity index (χ1v) is 17.3. The van der Waals surface area contributed by atoms with Gasteiger partial charge in [-0.05, 0) is 110 Å². The third kappa shape index (κ3) is 12.2. The molecule has 0 aliphatic carbocycles. The SMILES string of the molecule is FC(F)(F)c1ccc(O[C@H](CCNCCc2ccc(CCNCC[C@@H](Oc3ccc(C(F)(F)F)cc3)c3ccccc3)cc2)c2ccccc2)cc1. The summed E-state index contributed by atoms with van der Waals surface area (Å²) in [6, 6.07) is 37.4. The molecule has 0 spiro atoms. The van der Waals surface area contributed by atoms with Gasteiger partial charge >= 0.3 is 12.4 Å². The summed E-state index contributed by atoms with van der Waals surface area (Å²) in [4.78, 5) is 0. The molecule has 0 aliphatic heterocycles. The average Bonchev–Trinajstić information content (AvgIpc) is 3.14. The van der Waals surface area contributed by atoms with Crippen LogP contribution in [0.25, 0.3) is 0 Å². The van der Waals surface area contributed by atoms with Gasteiger partial charge in [-0.2, -0.15) is 26.3 Å². The maximum atomic E-state index is 13.0. The fraction of sp³-hybridized carbons (Fsp3) is 0.286. The summed E-state index contributed by atoms with van der Waals surface area (Å²) in [5.74, 6) is 0.776. The highest BCUT2D eigenvalue weighted by molar-refractivity contribution is 5.31. The lowest BCUT2D eigenvalue weighted by molar-refractivity contribution is -0.138. The van der Waals surface area contributed by atoms with Crippen LogP contribution in [-0.2, 0) is 25.2 Å². The van der Waals surface area contributed by atoms with Crippen LogP contribution in [0.4, 0.5) is 26.3 Å². The lowest BCUT2D eigenvalue weighted by Gasteiger charge is -2.20. The molecule has 2 N–H and O–H groups in total. The summed E-state index contributed by atoms with van der Waals surface area (Å²) in [5, 5.41) is 6.92. The second kappa shape index (κ2) is 18.6. The molecule has 0 radical (unpaired) electrons. The van der Waals surface area contributed by atoms with E-state index in [1.165, 1.54) is 35.4 Å². The zero-order valence-electron chi connectivity index (χ0n) is 28.6. The van der Waals surface area contributed by atoms with Crippen LogP contribution in [0.3, 0.4) is 0 Å². The Morgan fingerprint density at radius 1 is 0.423 bits per heavy atom. The molecule has 10 heteroatoms. The van der Waals surface area contributed by atoms with Gasteiger partial charge in [0, 0.05) is 12.8 Å². The molecule has 5 aromatic carbocycles. The molecule has 0 saturated heterocycles. The van der Waals surface area contributed by atoms with Crippen molar-refractivity contribution in [3.05, 3.63) is 167 Å². The lowest BCUT2D eigenvalue weighted by Crippen LogP contribution is -2.22. The number of alkyl halides is 6. The van der Waals surface area contributed by atoms with E-state index in [0.29, 0.717) is 37.4 Å². The number of nitrogens with one attached hydrogen (secondary N) is 2. The van der Waals surface area contributed by atoms with Gasteiger partial charge in [0.05, 0.1) is 11.1 Å². The van der Waals surface area contributed by atoms with Gasteiger partial charge < -0.3 is 20.1 Å². The van der Waals surface area contributed by atoms with Gasteiger partial charge in [-0.3, -0.25) is 0 Å². The van der Waals surface area contributed by atoms with Gasteiger partial charge in [0.1, 0.15) is 23.7 Å². The van der Waals surface area contributed by atoms with Gasteiger partial charge in [0.25, 0.3) is 0 Å². The van der Waals surface area contributed by atoms with Gasteiger partial charge in [-0.25, -0.2) is 0 Å². The van der Waals surface area contributed by atoms with Gasteiger partial charge in [0.2, 0.25) is 0 Å². The molecule has 0 amide bonds. The summed E-state index contributed by atoms with van der Waals surface area (Å²) in [6.45, 7) is 2.87. The molecule has 52 heavy (non-hydrogen) atoms. The van der Waals surface area contributed by atoms with Crippen molar-refractivity contribution >= 4 is 0 Å². The molecule has 0 unspecified atom stereocenters. The molecule has 0 saturated carbocycles. The fourth-order valence-corrected chi connectivity index (χ4v) is 5.75. The fourth-order valence-electron chi connectivity index (χ4n) is 5.75.